The van der Waals surface area contributed by atoms with E-state index in [1.807, 2.05) is 62.9 Å². The summed E-state index contributed by atoms with van der Waals surface area (Å²) in [5, 5.41) is 3.06. The zero-order chi connectivity index (χ0) is 19.6. The number of likely N-dealkylation sites (tertiary alicyclic amines) is 1. The van der Waals surface area contributed by atoms with Gasteiger partial charge in [0, 0.05) is 24.3 Å². The van der Waals surface area contributed by atoms with Crippen LogP contribution in [0.5, 0.6) is 0 Å². The molecule has 1 aliphatic rings. The van der Waals surface area contributed by atoms with Crippen LogP contribution in [0.3, 0.4) is 0 Å². The van der Waals surface area contributed by atoms with Crippen molar-refractivity contribution in [2.24, 2.45) is 5.92 Å². The Hall–Kier alpha value is -2.62. The van der Waals surface area contributed by atoms with Crippen molar-refractivity contribution in [3.05, 3.63) is 64.2 Å². The first-order chi connectivity index (χ1) is 12.8. The van der Waals surface area contributed by atoms with E-state index in [0.29, 0.717) is 18.7 Å². The molecule has 1 N–H and O–H groups in total. The Morgan fingerprint density at radius 1 is 1.04 bits per heavy atom. The van der Waals surface area contributed by atoms with Crippen molar-refractivity contribution >= 4 is 17.5 Å². The van der Waals surface area contributed by atoms with Crippen LogP contribution in [-0.4, -0.2) is 29.8 Å². The zero-order valence-corrected chi connectivity index (χ0v) is 16.6. The zero-order valence-electron chi connectivity index (χ0n) is 16.6. The minimum atomic E-state index is -0.173. The number of carbonyl (C=O) groups excluding carboxylic acids is 2. The monoisotopic (exact) mass is 364 g/mol. The summed E-state index contributed by atoms with van der Waals surface area (Å²) in [4.78, 5) is 27.5. The highest BCUT2D eigenvalue weighted by atomic mass is 16.2. The van der Waals surface area contributed by atoms with Crippen molar-refractivity contribution in [2.45, 2.75) is 40.5 Å². The summed E-state index contributed by atoms with van der Waals surface area (Å²) in [5.41, 5.74) is 5.98. The number of amides is 2. The van der Waals surface area contributed by atoms with Gasteiger partial charge in [-0.25, -0.2) is 0 Å². The van der Waals surface area contributed by atoms with E-state index in [9.17, 15) is 9.59 Å². The third-order valence-electron chi connectivity index (χ3n) is 5.41. The summed E-state index contributed by atoms with van der Waals surface area (Å²) in [6.45, 7) is 9.24. The van der Waals surface area contributed by atoms with Gasteiger partial charge in [0.2, 0.25) is 5.91 Å². The molecule has 4 nitrogen and oxygen atoms in total. The first-order valence-electron chi connectivity index (χ1n) is 9.60. The summed E-state index contributed by atoms with van der Waals surface area (Å²) in [5.74, 6) is -0.152. The van der Waals surface area contributed by atoms with Gasteiger partial charge in [0.05, 0.1) is 5.92 Å². The summed E-state index contributed by atoms with van der Waals surface area (Å²) < 4.78 is 0. The molecule has 0 saturated carbocycles. The fraction of sp³-hybridized carbons (Fsp3) is 0.391. The molecule has 1 heterocycles. The van der Waals surface area contributed by atoms with E-state index < -0.39 is 0 Å². The Morgan fingerprint density at radius 3 is 2.44 bits per heavy atom. The molecular weight excluding hydrogens is 336 g/mol. The number of hydrogen-bond acceptors (Lipinski definition) is 2. The van der Waals surface area contributed by atoms with Crippen LogP contribution in [0, 0.1) is 33.6 Å². The van der Waals surface area contributed by atoms with Gasteiger partial charge in [0.15, 0.2) is 0 Å². The third-order valence-corrected chi connectivity index (χ3v) is 5.41. The molecule has 27 heavy (non-hydrogen) atoms. The second-order valence-corrected chi connectivity index (χ2v) is 7.70. The van der Waals surface area contributed by atoms with Gasteiger partial charge in [-0.15, -0.1) is 0 Å². The van der Waals surface area contributed by atoms with Crippen LogP contribution in [0.4, 0.5) is 5.69 Å². The molecule has 1 unspecified atom stereocenters. The largest absolute Gasteiger partial charge is 0.338 e. The molecule has 0 aliphatic carbocycles. The fourth-order valence-corrected chi connectivity index (χ4v) is 3.78. The Kier molecular flexibility index (Phi) is 5.64. The Balaban J connectivity index is 1.70. The van der Waals surface area contributed by atoms with E-state index >= 15 is 0 Å². The van der Waals surface area contributed by atoms with E-state index in [2.05, 4.69) is 11.4 Å². The van der Waals surface area contributed by atoms with E-state index in [-0.39, 0.29) is 17.7 Å². The van der Waals surface area contributed by atoms with Gasteiger partial charge in [-0.2, -0.15) is 0 Å². The van der Waals surface area contributed by atoms with Crippen LogP contribution in [0.2, 0.25) is 0 Å². The maximum Gasteiger partial charge on any atom is 0.253 e. The first kappa shape index (κ1) is 19.2. The van der Waals surface area contributed by atoms with Crippen molar-refractivity contribution in [3.8, 4) is 0 Å². The number of carbonyl (C=O) groups is 2. The van der Waals surface area contributed by atoms with Crippen LogP contribution in [-0.2, 0) is 4.79 Å². The van der Waals surface area contributed by atoms with Crippen LogP contribution >= 0.6 is 0 Å². The van der Waals surface area contributed by atoms with E-state index in [1.165, 1.54) is 0 Å². The molecule has 0 aromatic heterocycles. The summed E-state index contributed by atoms with van der Waals surface area (Å²) in [6, 6.07) is 11.8. The van der Waals surface area contributed by atoms with E-state index in [0.717, 1.165) is 40.8 Å². The van der Waals surface area contributed by atoms with Gasteiger partial charge in [-0.1, -0.05) is 29.3 Å². The average Bonchev–Trinajstić information content (AvgIpc) is 2.64. The normalized spacial score (nSPS) is 16.9. The lowest BCUT2D eigenvalue weighted by Crippen LogP contribution is -2.43. The quantitative estimate of drug-likeness (QED) is 0.877. The number of anilines is 1. The minimum absolute atomic E-state index is 0.00150. The number of hydrogen-bond donors (Lipinski definition) is 1. The molecule has 1 saturated heterocycles. The van der Waals surface area contributed by atoms with Gasteiger partial charge < -0.3 is 10.2 Å². The maximum atomic E-state index is 12.9. The maximum absolute atomic E-state index is 12.9. The molecule has 3 rings (SSSR count). The fourth-order valence-electron chi connectivity index (χ4n) is 3.78. The standard InChI is InChI=1S/C23H28N2O2/c1-15-11-16(2)13-20(12-15)23(27)25-10-6-8-19(14-25)22(26)24-21-9-5-7-17(3)18(21)4/h5,7,9,11-13,19H,6,8,10,14H2,1-4H3,(H,24,26). The van der Waals surface area contributed by atoms with Gasteiger partial charge in [-0.3, -0.25) is 9.59 Å². The number of nitrogens with zero attached hydrogens (tertiary/aromatic N) is 1. The van der Waals surface area contributed by atoms with Gasteiger partial charge in [0.25, 0.3) is 5.91 Å². The predicted octanol–water partition coefficient (Wildman–Crippen LogP) is 4.41. The molecular formula is C23H28N2O2. The minimum Gasteiger partial charge on any atom is -0.338 e. The second-order valence-electron chi connectivity index (χ2n) is 7.70. The van der Waals surface area contributed by atoms with E-state index in [4.69, 9.17) is 0 Å². The first-order valence-corrected chi connectivity index (χ1v) is 9.60. The van der Waals surface area contributed by atoms with Crippen molar-refractivity contribution in [1.82, 2.24) is 4.90 Å². The third kappa shape index (κ3) is 4.38. The molecule has 1 atom stereocenters. The molecule has 0 bridgehead atoms. The van der Waals surface area contributed by atoms with Gasteiger partial charge in [0.1, 0.15) is 0 Å². The van der Waals surface area contributed by atoms with Crippen LogP contribution in [0.1, 0.15) is 45.5 Å². The Bertz CT molecular complexity index is 852. The number of nitrogens with one attached hydrogen (secondary N) is 1. The average molecular weight is 364 g/mol. The van der Waals surface area contributed by atoms with Crippen LogP contribution in [0.25, 0.3) is 0 Å². The molecule has 4 heteroatoms. The number of aryl methyl sites for hydroxylation is 3. The summed E-state index contributed by atoms with van der Waals surface area (Å²) in [7, 11) is 0. The lowest BCUT2D eigenvalue weighted by Gasteiger charge is -2.32. The molecule has 2 aromatic rings. The molecule has 1 fully saturated rings. The lowest BCUT2D eigenvalue weighted by molar-refractivity contribution is -0.121. The molecule has 142 valence electrons. The SMILES string of the molecule is Cc1cc(C)cc(C(=O)N2CCCC(C(=O)Nc3cccc(C)c3C)C2)c1. The summed E-state index contributed by atoms with van der Waals surface area (Å²) >= 11 is 0. The second kappa shape index (κ2) is 7.95. The van der Waals surface area contributed by atoms with Crippen molar-refractivity contribution < 1.29 is 9.59 Å². The number of piperidine rings is 1. The van der Waals surface area contributed by atoms with Gasteiger partial charge >= 0.3 is 0 Å². The van der Waals surface area contributed by atoms with Crippen molar-refractivity contribution in [1.29, 1.82) is 0 Å². The Labute approximate surface area is 161 Å². The highest BCUT2D eigenvalue weighted by Crippen LogP contribution is 2.23. The smallest absolute Gasteiger partial charge is 0.253 e. The number of benzene rings is 2. The van der Waals surface area contributed by atoms with Crippen molar-refractivity contribution in [2.75, 3.05) is 18.4 Å². The molecule has 2 aromatic carbocycles. The topological polar surface area (TPSA) is 49.4 Å². The molecule has 1 aliphatic heterocycles. The Morgan fingerprint density at radius 2 is 1.74 bits per heavy atom. The molecule has 2 amide bonds. The summed E-state index contributed by atoms with van der Waals surface area (Å²) in [6.07, 6.45) is 1.66. The molecule has 0 spiro atoms. The predicted molar refractivity (Wildman–Crippen MR) is 109 cm³/mol. The van der Waals surface area contributed by atoms with E-state index in [1.54, 1.807) is 0 Å². The highest BCUT2D eigenvalue weighted by molar-refractivity contribution is 5.96. The lowest BCUT2D eigenvalue weighted by atomic mass is 9.95. The van der Waals surface area contributed by atoms with Crippen LogP contribution < -0.4 is 5.32 Å². The highest BCUT2D eigenvalue weighted by Gasteiger charge is 2.29. The van der Waals surface area contributed by atoms with Crippen molar-refractivity contribution in [3.63, 3.8) is 0 Å². The van der Waals surface area contributed by atoms with Crippen LogP contribution in [0.15, 0.2) is 36.4 Å². The number of rotatable bonds is 3. The van der Waals surface area contributed by atoms with Gasteiger partial charge in [-0.05, 0) is 69.9 Å². The molecule has 0 radical (unpaired) electrons.